The number of anilines is 1. The zero-order valence-electron chi connectivity index (χ0n) is 21.8. The maximum atomic E-state index is 15.6. The van der Waals surface area contributed by atoms with E-state index in [0.717, 1.165) is 12.1 Å². The van der Waals surface area contributed by atoms with Crippen LogP contribution in [-0.4, -0.2) is 21.4 Å². The van der Waals surface area contributed by atoms with Crippen LogP contribution in [0.15, 0.2) is 48.7 Å². The van der Waals surface area contributed by atoms with Crippen molar-refractivity contribution in [3.05, 3.63) is 94.2 Å². The number of unbranched alkanes of at least 4 members (excludes halogenated alkanes) is 1. The fourth-order valence-corrected chi connectivity index (χ4v) is 3.74. The normalized spacial score (nSPS) is 12.2. The molecule has 212 valence electrons. The van der Waals surface area contributed by atoms with E-state index in [0.29, 0.717) is 36.9 Å². The summed E-state index contributed by atoms with van der Waals surface area (Å²) in [6.45, 7) is 2.52. The van der Waals surface area contributed by atoms with Gasteiger partial charge in [-0.25, -0.2) is 18.2 Å². The summed E-state index contributed by atoms with van der Waals surface area (Å²) in [7, 11) is 1.66. The van der Waals surface area contributed by atoms with Crippen molar-refractivity contribution < 1.29 is 35.9 Å². The van der Waals surface area contributed by atoms with E-state index in [1.54, 1.807) is 23.9 Å². The Morgan fingerprint density at radius 2 is 1.77 bits per heavy atom. The first kappa shape index (κ1) is 30.2. The van der Waals surface area contributed by atoms with Crippen LogP contribution in [0.3, 0.4) is 0 Å². The number of allylic oxidation sites excluding steroid dienone is 3. The van der Waals surface area contributed by atoms with E-state index < -0.39 is 58.3 Å². The molecule has 6 nitrogen and oxygen atoms in total. The maximum absolute atomic E-state index is 15.6. The molecule has 0 aliphatic rings. The molecule has 0 aliphatic heterocycles. The Morgan fingerprint density at radius 3 is 2.42 bits per heavy atom. The number of nitrogens with one attached hydrogen (secondary N) is 2. The van der Waals surface area contributed by atoms with Crippen molar-refractivity contribution in [1.29, 1.82) is 0 Å². The number of carbonyl (C=O) groups excluding carboxylic acids is 2. The highest BCUT2D eigenvalue weighted by molar-refractivity contribution is 5.96. The molecule has 1 heterocycles. The third-order valence-corrected chi connectivity index (χ3v) is 5.72. The van der Waals surface area contributed by atoms with Crippen LogP contribution in [0.4, 0.5) is 32.2 Å². The summed E-state index contributed by atoms with van der Waals surface area (Å²) in [5.41, 5.74) is -2.53. The van der Waals surface area contributed by atoms with Gasteiger partial charge in [0.15, 0.2) is 5.82 Å². The summed E-state index contributed by atoms with van der Waals surface area (Å²) in [5, 5.41) is 4.73. The van der Waals surface area contributed by atoms with Crippen LogP contribution in [0.5, 0.6) is 0 Å². The summed E-state index contributed by atoms with van der Waals surface area (Å²) >= 11 is 0. The predicted octanol–water partition coefficient (Wildman–Crippen LogP) is 6.64. The number of halogens is 6. The molecular formula is C28H26F6N4O2. The number of carbonyl (C=O) groups is 2. The maximum Gasteiger partial charge on any atom is 0.416 e. The number of nitrogens with zero attached hydrogens (tertiary/aromatic N) is 2. The number of hydrogen-bond donors (Lipinski definition) is 2. The van der Waals surface area contributed by atoms with Crippen LogP contribution >= 0.6 is 0 Å². The Kier molecular flexibility index (Phi) is 9.56. The van der Waals surface area contributed by atoms with E-state index in [1.807, 2.05) is 6.92 Å². The summed E-state index contributed by atoms with van der Waals surface area (Å²) < 4.78 is 85.1. The highest BCUT2D eigenvalue weighted by Crippen LogP contribution is 2.31. The number of amides is 2. The lowest BCUT2D eigenvalue weighted by atomic mass is 9.98. The molecule has 1 aromatic heterocycles. The Morgan fingerprint density at radius 1 is 1.07 bits per heavy atom. The van der Waals surface area contributed by atoms with E-state index in [1.165, 1.54) is 19.1 Å². The molecule has 2 N–H and O–H groups in total. The van der Waals surface area contributed by atoms with Crippen LogP contribution in [-0.2, 0) is 24.6 Å². The van der Waals surface area contributed by atoms with Gasteiger partial charge in [0.05, 0.1) is 16.7 Å². The zero-order valence-corrected chi connectivity index (χ0v) is 21.8. The Labute approximate surface area is 226 Å². The van der Waals surface area contributed by atoms with Crippen molar-refractivity contribution in [2.75, 3.05) is 5.32 Å². The van der Waals surface area contributed by atoms with Crippen molar-refractivity contribution in [3.8, 4) is 0 Å². The second-order valence-electron chi connectivity index (χ2n) is 8.83. The number of alkyl halides is 3. The summed E-state index contributed by atoms with van der Waals surface area (Å²) in [6, 6.07) is 3.52. The van der Waals surface area contributed by atoms with E-state index in [2.05, 4.69) is 15.6 Å². The van der Waals surface area contributed by atoms with Crippen LogP contribution < -0.4 is 10.6 Å². The zero-order chi connectivity index (χ0) is 29.6. The molecule has 40 heavy (non-hydrogen) atoms. The Balaban J connectivity index is 1.91. The van der Waals surface area contributed by atoms with Gasteiger partial charge in [-0.1, -0.05) is 25.5 Å². The van der Waals surface area contributed by atoms with Gasteiger partial charge in [0.2, 0.25) is 5.91 Å². The van der Waals surface area contributed by atoms with Crippen molar-refractivity contribution in [2.24, 2.45) is 7.05 Å². The fraction of sp³-hybridized carbons (Fsp3) is 0.250. The van der Waals surface area contributed by atoms with Gasteiger partial charge < -0.3 is 15.2 Å². The van der Waals surface area contributed by atoms with Gasteiger partial charge in [0, 0.05) is 32.3 Å². The molecule has 0 bridgehead atoms. The highest BCUT2D eigenvalue weighted by atomic mass is 19.4. The summed E-state index contributed by atoms with van der Waals surface area (Å²) in [4.78, 5) is 28.3. The van der Waals surface area contributed by atoms with Crippen molar-refractivity contribution in [2.45, 2.75) is 39.4 Å². The van der Waals surface area contributed by atoms with Crippen LogP contribution in [0.2, 0.25) is 0 Å². The lowest BCUT2D eigenvalue weighted by Crippen LogP contribution is -2.25. The molecule has 0 aliphatic carbocycles. The molecule has 0 fully saturated rings. The SMILES string of the molecule is CCC/C=C(/C=C\c1nc(NC(C)=O)cn1C)c1c(F)ccc(C(=O)NCc2cc(C(F)(F)F)ccc2F)c1F. The molecule has 0 atom stereocenters. The van der Waals surface area contributed by atoms with E-state index in [-0.39, 0.29) is 17.3 Å². The van der Waals surface area contributed by atoms with Gasteiger partial charge in [0.25, 0.3) is 5.91 Å². The van der Waals surface area contributed by atoms with Gasteiger partial charge >= 0.3 is 6.18 Å². The third kappa shape index (κ3) is 7.39. The molecule has 12 heteroatoms. The topological polar surface area (TPSA) is 76.0 Å². The lowest BCUT2D eigenvalue weighted by molar-refractivity contribution is -0.137. The first-order valence-corrected chi connectivity index (χ1v) is 12.1. The second kappa shape index (κ2) is 12.7. The molecule has 0 saturated carbocycles. The first-order chi connectivity index (χ1) is 18.8. The van der Waals surface area contributed by atoms with Gasteiger partial charge in [-0.05, 0) is 48.4 Å². The number of rotatable bonds is 9. The molecule has 3 aromatic rings. The first-order valence-electron chi connectivity index (χ1n) is 12.1. The number of aromatic nitrogens is 2. The molecule has 2 amide bonds. The number of imidazole rings is 1. The monoisotopic (exact) mass is 564 g/mol. The van der Waals surface area contributed by atoms with Crippen LogP contribution in [0.1, 0.15) is 59.6 Å². The number of aryl methyl sites for hydroxylation is 1. The number of benzene rings is 2. The average molecular weight is 565 g/mol. The van der Waals surface area contributed by atoms with E-state index in [9.17, 15) is 31.5 Å². The van der Waals surface area contributed by atoms with Gasteiger partial charge in [-0.3, -0.25) is 9.59 Å². The van der Waals surface area contributed by atoms with Gasteiger partial charge in [0.1, 0.15) is 23.3 Å². The van der Waals surface area contributed by atoms with Crippen molar-refractivity contribution >= 4 is 29.3 Å². The predicted molar refractivity (Wildman–Crippen MR) is 138 cm³/mol. The lowest BCUT2D eigenvalue weighted by Gasteiger charge is -2.13. The van der Waals surface area contributed by atoms with Crippen molar-refractivity contribution in [1.82, 2.24) is 14.9 Å². The molecule has 0 saturated heterocycles. The van der Waals surface area contributed by atoms with Gasteiger partial charge in [-0.2, -0.15) is 13.2 Å². The summed E-state index contributed by atoms with van der Waals surface area (Å²) in [6.07, 6.45) is 2.40. The Hall–Kier alpha value is -4.35. The molecule has 3 rings (SSSR count). The Bertz CT molecular complexity index is 1470. The van der Waals surface area contributed by atoms with Crippen LogP contribution in [0, 0.1) is 17.5 Å². The fourth-order valence-electron chi connectivity index (χ4n) is 3.74. The molecular weight excluding hydrogens is 538 g/mol. The van der Waals surface area contributed by atoms with E-state index >= 15 is 4.39 Å². The smallest absolute Gasteiger partial charge is 0.348 e. The van der Waals surface area contributed by atoms with Crippen molar-refractivity contribution in [3.63, 3.8) is 0 Å². The number of hydrogen-bond acceptors (Lipinski definition) is 3. The molecule has 2 aromatic carbocycles. The molecule has 0 unspecified atom stereocenters. The third-order valence-electron chi connectivity index (χ3n) is 5.72. The minimum absolute atomic E-state index is 0.111. The van der Waals surface area contributed by atoms with Gasteiger partial charge in [-0.15, -0.1) is 0 Å². The minimum Gasteiger partial charge on any atom is -0.348 e. The molecule has 0 radical (unpaired) electrons. The quantitative estimate of drug-likeness (QED) is 0.226. The molecule has 0 spiro atoms. The highest BCUT2D eigenvalue weighted by Gasteiger charge is 2.31. The second-order valence-corrected chi connectivity index (χ2v) is 8.83. The summed E-state index contributed by atoms with van der Waals surface area (Å²) in [5.74, 6) is -3.90. The van der Waals surface area contributed by atoms with Crippen LogP contribution in [0.25, 0.3) is 11.6 Å². The standard InChI is InChI=1S/C28H26F6N4O2/c1-4-5-6-17(7-12-24-37-23(15-38(24)3)36-16(2)39)25-22(30)11-9-20(26(25)31)27(40)35-14-18-13-19(28(32,33)34)8-10-21(18)29/h6-13,15H,4-5,14H2,1-3H3,(H,35,40)(H,36,39)/b12-7-,17-6-. The average Bonchev–Trinajstić information content (AvgIpc) is 3.21. The van der Waals surface area contributed by atoms with E-state index in [4.69, 9.17) is 0 Å². The largest absolute Gasteiger partial charge is 0.416 e. The minimum atomic E-state index is -4.72.